The lowest BCUT2D eigenvalue weighted by Gasteiger charge is -2.06. The zero-order valence-corrected chi connectivity index (χ0v) is 6.38. The molecule has 1 unspecified atom stereocenters. The molecular formula is C4H8O5S. The maximum atomic E-state index is 10.5. The third-order valence-corrected chi connectivity index (χ3v) is 2.17. The van der Waals surface area contributed by atoms with E-state index in [2.05, 4.69) is 4.74 Å². The standard InChI is InChI=1S/C4H8O5S/c1-3(9-4(5)6)10(2,7)8/h3H,1-2H3,(H,5,6). The summed E-state index contributed by atoms with van der Waals surface area (Å²) in [7, 11) is -3.40. The van der Waals surface area contributed by atoms with E-state index in [1.165, 1.54) is 0 Å². The van der Waals surface area contributed by atoms with Crippen LogP contribution in [0, 0.1) is 0 Å². The molecule has 0 bridgehead atoms. The van der Waals surface area contributed by atoms with Crippen molar-refractivity contribution in [2.45, 2.75) is 12.4 Å². The number of hydrogen-bond donors (Lipinski definition) is 1. The van der Waals surface area contributed by atoms with Gasteiger partial charge in [0.25, 0.3) is 0 Å². The second-order valence-electron chi connectivity index (χ2n) is 1.78. The normalized spacial score (nSPS) is 14.2. The van der Waals surface area contributed by atoms with Crippen molar-refractivity contribution >= 4 is 16.0 Å². The Hall–Kier alpha value is -0.780. The average Bonchev–Trinajstić information content (AvgIpc) is 1.60. The highest BCUT2D eigenvalue weighted by Gasteiger charge is 2.18. The minimum absolute atomic E-state index is 0.903. The van der Waals surface area contributed by atoms with Gasteiger partial charge in [-0.15, -0.1) is 0 Å². The fourth-order valence-corrected chi connectivity index (χ4v) is 0.486. The van der Waals surface area contributed by atoms with Crippen molar-refractivity contribution in [2.75, 3.05) is 6.26 Å². The molecule has 0 fully saturated rings. The summed E-state index contributed by atoms with van der Waals surface area (Å²) in [6.45, 7) is 1.16. The second kappa shape index (κ2) is 2.87. The first kappa shape index (κ1) is 9.22. The van der Waals surface area contributed by atoms with E-state index >= 15 is 0 Å². The molecule has 0 aromatic carbocycles. The van der Waals surface area contributed by atoms with E-state index in [1.54, 1.807) is 0 Å². The van der Waals surface area contributed by atoms with Crippen LogP contribution in [0.4, 0.5) is 4.79 Å². The number of carboxylic acid groups (broad SMARTS) is 1. The minimum atomic E-state index is -3.40. The molecule has 1 N–H and O–H groups in total. The van der Waals surface area contributed by atoms with Crippen molar-refractivity contribution in [3.63, 3.8) is 0 Å². The Morgan fingerprint density at radius 2 is 2.00 bits per heavy atom. The molecule has 0 spiro atoms. The minimum Gasteiger partial charge on any atom is -0.450 e. The Morgan fingerprint density at radius 3 is 2.10 bits per heavy atom. The molecule has 0 rings (SSSR count). The zero-order valence-electron chi connectivity index (χ0n) is 5.57. The molecule has 0 saturated heterocycles. The molecule has 0 aliphatic carbocycles. The Morgan fingerprint density at radius 1 is 1.60 bits per heavy atom. The van der Waals surface area contributed by atoms with E-state index < -0.39 is 21.4 Å². The summed E-state index contributed by atoms with van der Waals surface area (Å²) in [6.07, 6.45) is -0.682. The van der Waals surface area contributed by atoms with Crippen LogP contribution in [0.25, 0.3) is 0 Å². The van der Waals surface area contributed by atoms with E-state index in [0.717, 1.165) is 13.2 Å². The number of sulfone groups is 1. The fraction of sp³-hybridized carbons (Fsp3) is 0.750. The van der Waals surface area contributed by atoms with Crippen molar-refractivity contribution < 1.29 is 23.1 Å². The molecular weight excluding hydrogens is 160 g/mol. The summed E-state index contributed by atoms with van der Waals surface area (Å²) in [5.41, 5.74) is -1.29. The van der Waals surface area contributed by atoms with Crippen molar-refractivity contribution in [1.29, 1.82) is 0 Å². The van der Waals surface area contributed by atoms with Crippen LogP contribution in [0.3, 0.4) is 0 Å². The summed E-state index contributed by atoms with van der Waals surface area (Å²) in [4.78, 5) is 9.77. The molecule has 0 amide bonds. The lowest BCUT2D eigenvalue weighted by molar-refractivity contribution is 0.0841. The van der Waals surface area contributed by atoms with Gasteiger partial charge in [0.15, 0.2) is 9.84 Å². The van der Waals surface area contributed by atoms with Crippen molar-refractivity contribution in [1.82, 2.24) is 0 Å². The van der Waals surface area contributed by atoms with Gasteiger partial charge >= 0.3 is 6.16 Å². The van der Waals surface area contributed by atoms with Crippen molar-refractivity contribution in [2.24, 2.45) is 0 Å². The van der Waals surface area contributed by atoms with Gasteiger partial charge in [0.2, 0.25) is 5.44 Å². The molecule has 0 radical (unpaired) electrons. The largest absolute Gasteiger partial charge is 0.507 e. The number of rotatable bonds is 2. The topological polar surface area (TPSA) is 80.7 Å². The van der Waals surface area contributed by atoms with E-state index in [4.69, 9.17) is 5.11 Å². The summed E-state index contributed by atoms with van der Waals surface area (Å²) >= 11 is 0. The molecule has 10 heavy (non-hydrogen) atoms. The summed E-state index contributed by atoms with van der Waals surface area (Å²) < 4.78 is 24.9. The predicted octanol–water partition coefficient (Wildman–Crippen LogP) is 0.0716. The summed E-state index contributed by atoms with van der Waals surface area (Å²) in [5, 5.41) is 7.96. The Kier molecular flexibility index (Phi) is 2.65. The third kappa shape index (κ3) is 3.29. The van der Waals surface area contributed by atoms with Gasteiger partial charge in [0, 0.05) is 6.26 Å². The van der Waals surface area contributed by atoms with Gasteiger partial charge in [0.05, 0.1) is 0 Å². The van der Waals surface area contributed by atoms with Gasteiger partial charge < -0.3 is 9.84 Å². The van der Waals surface area contributed by atoms with Crippen molar-refractivity contribution in [3.05, 3.63) is 0 Å². The van der Waals surface area contributed by atoms with E-state index in [9.17, 15) is 13.2 Å². The molecule has 0 aromatic heterocycles. The Bertz CT molecular complexity index is 216. The lowest BCUT2D eigenvalue weighted by Crippen LogP contribution is -2.22. The van der Waals surface area contributed by atoms with E-state index in [-0.39, 0.29) is 0 Å². The highest BCUT2D eigenvalue weighted by atomic mass is 32.2. The second-order valence-corrected chi connectivity index (χ2v) is 4.10. The first-order valence-corrected chi connectivity index (χ1v) is 4.38. The molecule has 6 heteroatoms. The van der Waals surface area contributed by atoms with Crippen LogP contribution >= 0.6 is 0 Å². The van der Waals surface area contributed by atoms with E-state index in [1.807, 2.05) is 0 Å². The number of hydrogen-bond acceptors (Lipinski definition) is 4. The molecule has 5 nitrogen and oxygen atoms in total. The monoisotopic (exact) mass is 168 g/mol. The third-order valence-electron chi connectivity index (χ3n) is 0.870. The fourth-order valence-electron chi connectivity index (χ4n) is 0.229. The molecule has 0 saturated carbocycles. The smallest absolute Gasteiger partial charge is 0.450 e. The Labute approximate surface area is 58.5 Å². The predicted molar refractivity (Wildman–Crippen MR) is 33.4 cm³/mol. The van der Waals surface area contributed by atoms with Crippen LogP contribution in [-0.2, 0) is 14.6 Å². The van der Waals surface area contributed by atoms with Gasteiger partial charge in [-0.25, -0.2) is 13.2 Å². The first-order chi connectivity index (χ1) is 4.34. The molecule has 60 valence electrons. The molecule has 0 aliphatic heterocycles. The van der Waals surface area contributed by atoms with Crippen LogP contribution in [0.1, 0.15) is 6.92 Å². The maximum absolute atomic E-state index is 10.5. The SMILES string of the molecule is CC(OC(=O)O)S(C)(=O)=O. The van der Waals surface area contributed by atoms with Gasteiger partial charge in [-0.05, 0) is 6.92 Å². The molecule has 0 aromatic rings. The summed E-state index contributed by atoms with van der Waals surface area (Å²) in [6, 6.07) is 0. The molecule has 1 atom stereocenters. The van der Waals surface area contributed by atoms with Crippen LogP contribution in [0.15, 0.2) is 0 Å². The quantitative estimate of drug-likeness (QED) is 0.590. The highest BCUT2D eigenvalue weighted by Crippen LogP contribution is 1.99. The van der Waals surface area contributed by atoms with E-state index in [0.29, 0.717) is 0 Å². The van der Waals surface area contributed by atoms with Crippen LogP contribution in [-0.4, -0.2) is 31.4 Å². The highest BCUT2D eigenvalue weighted by molar-refractivity contribution is 7.91. The van der Waals surface area contributed by atoms with Crippen LogP contribution < -0.4 is 0 Å². The van der Waals surface area contributed by atoms with Gasteiger partial charge in [-0.3, -0.25) is 0 Å². The first-order valence-electron chi connectivity index (χ1n) is 2.42. The maximum Gasteiger partial charge on any atom is 0.507 e. The average molecular weight is 168 g/mol. The molecule has 0 heterocycles. The lowest BCUT2D eigenvalue weighted by atomic mass is 10.9. The number of carbonyl (C=O) groups is 1. The van der Waals surface area contributed by atoms with Crippen molar-refractivity contribution in [3.8, 4) is 0 Å². The van der Waals surface area contributed by atoms with Crippen LogP contribution in [0.5, 0.6) is 0 Å². The van der Waals surface area contributed by atoms with Gasteiger partial charge in [-0.2, -0.15) is 0 Å². The molecule has 0 aliphatic rings. The van der Waals surface area contributed by atoms with Gasteiger partial charge in [0.1, 0.15) is 0 Å². The zero-order chi connectivity index (χ0) is 8.36. The van der Waals surface area contributed by atoms with Gasteiger partial charge in [-0.1, -0.05) is 0 Å². The summed E-state index contributed by atoms with van der Waals surface area (Å²) in [5.74, 6) is 0. The number of ether oxygens (including phenoxy) is 1. The Balaban J connectivity index is 4.12. The van der Waals surface area contributed by atoms with Crippen LogP contribution in [0.2, 0.25) is 0 Å².